The lowest BCUT2D eigenvalue weighted by Gasteiger charge is -2.39. The second-order valence-electron chi connectivity index (χ2n) is 6.61. The summed E-state index contributed by atoms with van der Waals surface area (Å²) in [6, 6.07) is 2.02. The highest BCUT2D eigenvalue weighted by Crippen LogP contribution is 2.34. The maximum Gasteiger partial charge on any atom is 0.313 e. The lowest BCUT2D eigenvalue weighted by atomic mass is 9.80. The van der Waals surface area contributed by atoms with Crippen molar-refractivity contribution in [1.82, 2.24) is 4.90 Å². The molecular formula is C17H23NO4S. The molecule has 0 aromatic carbocycles. The van der Waals surface area contributed by atoms with Gasteiger partial charge in [0.25, 0.3) is 5.91 Å². The molecule has 0 saturated carbocycles. The Morgan fingerprint density at radius 2 is 2.13 bits per heavy atom. The van der Waals surface area contributed by atoms with E-state index >= 15 is 0 Å². The fraction of sp³-hybridized carbons (Fsp3) is 0.647. The number of hydrogen-bond donors (Lipinski definition) is 1. The molecule has 1 aromatic heterocycles. The molecule has 1 aromatic rings. The lowest BCUT2D eigenvalue weighted by molar-refractivity contribution is -0.155. The number of ether oxygens (including phenoxy) is 1. The van der Waals surface area contributed by atoms with Gasteiger partial charge in [0, 0.05) is 25.1 Å². The number of thiophene rings is 1. The predicted molar refractivity (Wildman–Crippen MR) is 88.0 cm³/mol. The van der Waals surface area contributed by atoms with Gasteiger partial charge in [-0.2, -0.15) is 0 Å². The number of carboxylic acid groups (broad SMARTS) is 1. The molecule has 1 saturated heterocycles. The molecule has 126 valence electrons. The third kappa shape index (κ3) is 3.15. The molecule has 1 atom stereocenters. The highest BCUT2D eigenvalue weighted by Gasteiger charge is 2.44. The first-order valence-electron chi connectivity index (χ1n) is 8.19. The van der Waals surface area contributed by atoms with Crippen LogP contribution < -0.4 is 0 Å². The minimum absolute atomic E-state index is 0.0224. The third-order valence-electron chi connectivity index (χ3n) is 4.95. The molecule has 3 rings (SSSR count). The van der Waals surface area contributed by atoms with E-state index in [1.165, 1.54) is 30.4 Å². The summed E-state index contributed by atoms with van der Waals surface area (Å²) in [7, 11) is 1.51. The maximum absolute atomic E-state index is 12.8. The van der Waals surface area contributed by atoms with Crippen molar-refractivity contribution in [2.45, 2.75) is 38.5 Å². The zero-order chi connectivity index (χ0) is 16.4. The van der Waals surface area contributed by atoms with Gasteiger partial charge in [-0.15, -0.1) is 11.3 Å². The van der Waals surface area contributed by atoms with Crippen molar-refractivity contribution in [3.05, 3.63) is 21.4 Å². The number of carbonyl (C=O) groups is 2. The zero-order valence-electron chi connectivity index (χ0n) is 13.5. The number of rotatable bonds is 4. The SMILES string of the molecule is COCC1(C(=O)O)CCCN(C(=O)c2cc3c(s2)CCCC3)C1. The molecule has 6 heteroatoms. The predicted octanol–water partition coefficient (Wildman–Crippen LogP) is 2.58. The highest BCUT2D eigenvalue weighted by molar-refractivity contribution is 7.14. The van der Waals surface area contributed by atoms with Crippen LogP contribution in [-0.2, 0) is 22.4 Å². The fourth-order valence-corrected chi connectivity index (χ4v) is 4.91. The van der Waals surface area contributed by atoms with Crippen LogP contribution in [0.5, 0.6) is 0 Å². The van der Waals surface area contributed by atoms with Crippen molar-refractivity contribution in [1.29, 1.82) is 0 Å². The van der Waals surface area contributed by atoms with Gasteiger partial charge in [0.1, 0.15) is 5.41 Å². The van der Waals surface area contributed by atoms with Crippen LogP contribution in [0.2, 0.25) is 0 Å². The van der Waals surface area contributed by atoms with Crippen molar-refractivity contribution in [3.63, 3.8) is 0 Å². The normalized spacial score (nSPS) is 24.3. The van der Waals surface area contributed by atoms with Crippen molar-refractivity contribution in [2.24, 2.45) is 5.41 Å². The number of carbonyl (C=O) groups excluding carboxylic acids is 1. The quantitative estimate of drug-likeness (QED) is 0.917. The minimum Gasteiger partial charge on any atom is -0.481 e. The first-order valence-corrected chi connectivity index (χ1v) is 9.00. The Hall–Kier alpha value is -1.40. The lowest BCUT2D eigenvalue weighted by Crippen LogP contribution is -2.52. The number of aliphatic carboxylic acids is 1. The summed E-state index contributed by atoms with van der Waals surface area (Å²) in [5, 5.41) is 9.61. The largest absolute Gasteiger partial charge is 0.481 e. The van der Waals surface area contributed by atoms with E-state index in [9.17, 15) is 14.7 Å². The summed E-state index contributed by atoms with van der Waals surface area (Å²) in [6.07, 6.45) is 5.77. The van der Waals surface area contributed by atoms with Crippen LogP contribution in [0.25, 0.3) is 0 Å². The van der Waals surface area contributed by atoms with E-state index in [4.69, 9.17) is 4.74 Å². The van der Waals surface area contributed by atoms with E-state index in [2.05, 4.69) is 0 Å². The van der Waals surface area contributed by atoms with Crippen LogP contribution in [0.15, 0.2) is 6.07 Å². The molecule has 2 heterocycles. The molecule has 1 unspecified atom stereocenters. The van der Waals surface area contributed by atoms with Gasteiger partial charge in [-0.05, 0) is 50.2 Å². The molecule has 5 nitrogen and oxygen atoms in total. The van der Waals surface area contributed by atoms with E-state index in [-0.39, 0.29) is 19.1 Å². The van der Waals surface area contributed by atoms with E-state index in [1.807, 2.05) is 6.07 Å². The molecule has 23 heavy (non-hydrogen) atoms. The monoisotopic (exact) mass is 337 g/mol. The van der Waals surface area contributed by atoms with Crippen LogP contribution in [0.4, 0.5) is 0 Å². The van der Waals surface area contributed by atoms with Crippen molar-refractivity contribution < 1.29 is 19.4 Å². The second-order valence-corrected chi connectivity index (χ2v) is 7.75. The molecule has 1 N–H and O–H groups in total. The van der Waals surface area contributed by atoms with Crippen LogP contribution >= 0.6 is 11.3 Å². The van der Waals surface area contributed by atoms with E-state index in [0.717, 1.165) is 17.7 Å². The minimum atomic E-state index is -0.973. The standard InChI is InChI=1S/C17H23NO4S/c1-22-11-17(16(20)21)7-4-8-18(10-17)15(19)14-9-12-5-2-3-6-13(12)23-14/h9H,2-8,10-11H2,1H3,(H,20,21). The summed E-state index contributed by atoms with van der Waals surface area (Å²) in [5.74, 6) is -0.895. The number of piperidine rings is 1. The number of likely N-dealkylation sites (tertiary alicyclic amines) is 1. The van der Waals surface area contributed by atoms with Crippen LogP contribution in [0.1, 0.15) is 45.8 Å². The van der Waals surface area contributed by atoms with Gasteiger partial charge < -0.3 is 14.7 Å². The van der Waals surface area contributed by atoms with Crippen LogP contribution in [0.3, 0.4) is 0 Å². The first-order chi connectivity index (χ1) is 11.1. The van der Waals surface area contributed by atoms with E-state index < -0.39 is 11.4 Å². The zero-order valence-corrected chi connectivity index (χ0v) is 14.3. The van der Waals surface area contributed by atoms with Gasteiger partial charge in [0.2, 0.25) is 0 Å². The number of fused-ring (bicyclic) bond motifs is 1. The number of nitrogens with zero attached hydrogens (tertiary/aromatic N) is 1. The third-order valence-corrected chi connectivity index (χ3v) is 6.17. The number of methoxy groups -OCH3 is 1. The Kier molecular flexibility index (Phi) is 4.73. The van der Waals surface area contributed by atoms with Gasteiger partial charge in [-0.1, -0.05) is 0 Å². The average molecular weight is 337 g/mol. The summed E-state index contributed by atoms with van der Waals surface area (Å²) >= 11 is 1.59. The number of hydrogen-bond acceptors (Lipinski definition) is 4. The molecule has 1 fully saturated rings. The van der Waals surface area contributed by atoms with Gasteiger partial charge in [0.15, 0.2) is 0 Å². The van der Waals surface area contributed by atoms with E-state index in [1.54, 1.807) is 16.2 Å². The molecule has 1 aliphatic carbocycles. The molecular weight excluding hydrogens is 314 g/mol. The summed E-state index contributed by atoms with van der Waals surface area (Å²) < 4.78 is 5.13. The van der Waals surface area contributed by atoms with E-state index in [0.29, 0.717) is 19.4 Å². The maximum atomic E-state index is 12.8. The van der Waals surface area contributed by atoms with Crippen LogP contribution in [0, 0.1) is 5.41 Å². The van der Waals surface area contributed by atoms with Crippen LogP contribution in [-0.4, -0.2) is 48.7 Å². The molecule has 0 radical (unpaired) electrons. The Labute approximate surface area is 140 Å². The number of amides is 1. The highest BCUT2D eigenvalue weighted by atomic mass is 32.1. The second kappa shape index (κ2) is 6.61. The summed E-state index contributed by atoms with van der Waals surface area (Å²) in [5.41, 5.74) is 0.336. The fourth-order valence-electron chi connectivity index (χ4n) is 3.69. The van der Waals surface area contributed by atoms with Gasteiger partial charge in [0.05, 0.1) is 11.5 Å². The number of carboxylic acids is 1. The van der Waals surface area contributed by atoms with Gasteiger partial charge in [-0.3, -0.25) is 9.59 Å². The molecule has 1 amide bonds. The number of aryl methyl sites for hydroxylation is 2. The Balaban J connectivity index is 1.79. The Bertz CT molecular complexity index is 584. The smallest absolute Gasteiger partial charge is 0.313 e. The molecule has 0 spiro atoms. The first kappa shape index (κ1) is 16.5. The van der Waals surface area contributed by atoms with Gasteiger partial charge >= 0.3 is 5.97 Å². The summed E-state index contributed by atoms with van der Waals surface area (Å²) in [6.45, 7) is 1.00. The Morgan fingerprint density at radius 1 is 1.35 bits per heavy atom. The average Bonchev–Trinajstić information content (AvgIpc) is 2.98. The molecule has 1 aliphatic heterocycles. The summed E-state index contributed by atoms with van der Waals surface area (Å²) in [4.78, 5) is 28.3. The van der Waals surface area contributed by atoms with Crippen molar-refractivity contribution in [2.75, 3.05) is 26.8 Å². The van der Waals surface area contributed by atoms with Crippen molar-refractivity contribution in [3.8, 4) is 0 Å². The Morgan fingerprint density at radius 3 is 2.83 bits per heavy atom. The molecule has 2 aliphatic rings. The van der Waals surface area contributed by atoms with Crippen molar-refractivity contribution >= 4 is 23.2 Å². The topological polar surface area (TPSA) is 66.8 Å². The van der Waals surface area contributed by atoms with Gasteiger partial charge in [-0.25, -0.2) is 0 Å². The molecule has 0 bridgehead atoms.